The Labute approximate surface area is 222 Å². The van der Waals surface area contributed by atoms with Gasteiger partial charge in [0.2, 0.25) is 0 Å². The Morgan fingerprint density at radius 1 is 0.973 bits per heavy atom. The van der Waals surface area contributed by atoms with E-state index >= 15 is 0 Å². The van der Waals surface area contributed by atoms with E-state index in [0.717, 1.165) is 37.2 Å². The fourth-order valence-corrected chi connectivity index (χ4v) is 5.77. The first kappa shape index (κ1) is 26.8. The van der Waals surface area contributed by atoms with Crippen molar-refractivity contribution in [1.82, 2.24) is 10.2 Å². The van der Waals surface area contributed by atoms with Crippen LogP contribution in [-0.4, -0.2) is 53.1 Å². The molecule has 1 aliphatic rings. The van der Waals surface area contributed by atoms with Crippen molar-refractivity contribution in [3.8, 4) is 11.5 Å². The number of hydrogen-bond donors (Lipinski definition) is 2. The van der Waals surface area contributed by atoms with E-state index in [1.807, 2.05) is 24.3 Å². The zero-order chi connectivity index (χ0) is 26.4. The lowest BCUT2D eigenvalue weighted by Crippen LogP contribution is -2.37. The van der Waals surface area contributed by atoms with Crippen LogP contribution in [-0.2, 0) is 10.0 Å². The van der Waals surface area contributed by atoms with Crippen molar-refractivity contribution in [1.29, 1.82) is 0 Å². The lowest BCUT2D eigenvalue weighted by atomic mass is 10.0. The van der Waals surface area contributed by atoms with Gasteiger partial charge in [0.05, 0.1) is 30.8 Å². The van der Waals surface area contributed by atoms with Crippen LogP contribution in [0.25, 0.3) is 0 Å². The number of hydrogen-bond acceptors (Lipinski definition) is 6. The van der Waals surface area contributed by atoms with E-state index in [0.29, 0.717) is 17.3 Å². The third-order valence-electron chi connectivity index (χ3n) is 6.35. The first-order valence-electron chi connectivity index (χ1n) is 11.9. The van der Waals surface area contributed by atoms with Gasteiger partial charge in [-0.1, -0.05) is 35.9 Å². The highest BCUT2D eigenvalue weighted by atomic mass is 35.5. The van der Waals surface area contributed by atoms with Gasteiger partial charge in [-0.05, 0) is 68.4 Å². The average Bonchev–Trinajstić information content (AvgIpc) is 3.44. The smallest absolute Gasteiger partial charge is 0.262 e. The molecule has 8 nitrogen and oxygen atoms in total. The Morgan fingerprint density at radius 3 is 2.43 bits per heavy atom. The summed E-state index contributed by atoms with van der Waals surface area (Å²) in [4.78, 5) is 15.4. The molecule has 196 valence electrons. The second kappa shape index (κ2) is 11.9. The Kier molecular flexibility index (Phi) is 8.58. The minimum absolute atomic E-state index is 0.0528. The molecule has 10 heteroatoms. The molecule has 3 aromatic rings. The largest absolute Gasteiger partial charge is 0.496 e. The Morgan fingerprint density at radius 2 is 1.70 bits per heavy atom. The standard InChI is InChI=1S/C27H30ClN3O5S/c1-35-25-11-4-3-10-22(25)24(31-14-5-6-15-31)18-29-27(32)19-8-7-9-21(16-19)37(33,34)30-23-17-20(28)12-13-26(23)36-2/h3-4,7-13,16-17,24,30H,5-6,14-15,18H2,1-2H3,(H,29,32)/t24-/m0/s1. The van der Waals surface area contributed by atoms with Crippen molar-refractivity contribution in [3.63, 3.8) is 0 Å². The van der Waals surface area contributed by atoms with Gasteiger partial charge in [-0.3, -0.25) is 14.4 Å². The molecule has 1 aliphatic heterocycles. The molecule has 1 saturated heterocycles. The number of sulfonamides is 1. The molecule has 0 unspecified atom stereocenters. The van der Waals surface area contributed by atoms with E-state index in [1.165, 1.54) is 31.4 Å². The normalized spacial score (nSPS) is 14.7. The molecular weight excluding hydrogens is 514 g/mol. The van der Waals surface area contributed by atoms with Crippen LogP contribution in [0.15, 0.2) is 71.6 Å². The third-order valence-corrected chi connectivity index (χ3v) is 7.95. The SMILES string of the molecule is COc1ccc(Cl)cc1NS(=O)(=O)c1cccc(C(=O)NC[C@@H](c2ccccc2OC)N2CCCC2)c1. The quantitative estimate of drug-likeness (QED) is 0.384. The summed E-state index contributed by atoms with van der Waals surface area (Å²) < 4.78 is 39.5. The topological polar surface area (TPSA) is 97.0 Å². The van der Waals surface area contributed by atoms with Crippen LogP contribution in [0.4, 0.5) is 5.69 Å². The predicted octanol–water partition coefficient (Wildman–Crippen LogP) is 4.72. The number of para-hydroxylation sites is 1. The second-order valence-electron chi connectivity index (χ2n) is 8.69. The Bertz CT molecular complexity index is 1360. The van der Waals surface area contributed by atoms with Crippen molar-refractivity contribution in [3.05, 3.63) is 82.9 Å². The van der Waals surface area contributed by atoms with E-state index in [4.69, 9.17) is 21.1 Å². The molecule has 1 amide bonds. The fraction of sp³-hybridized carbons (Fsp3) is 0.296. The second-order valence-corrected chi connectivity index (χ2v) is 10.8. The minimum Gasteiger partial charge on any atom is -0.496 e. The molecule has 37 heavy (non-hydrogen) atoms. The van der Waals surface area contributed by atoms with Crippen LogP contribution in [0, 0.1) is 0 Å². The summed E-state index contributed by atoms with van der Waals surface area (Å²) in [5.74, 6) is 0.729. The molecule has 0 spiro atoms. The van der Waals surface area contributed by atoms with Gasteiger partial charge in [-0.2, -0.15) is 0 Å². The van der Waals surface area contributed by atoms with Crippen LogP contribution in [0.5, 0.6) is 11.5 Å². The van der Waals surface area contributed by atoms with E-state index in [9.17, 15) is 13.2 Å². The predicted molar refractivity (Wildman–Crippen MR) is 144 cm³/mol. The van der Waals surface area contributed by atoms with Crippen molar-refractivity contribution >= 4 is 33.2 Å². The van der Waals surface area contributed by atoms with Gasteiger partial charge in [0.1, 0.15) is 11.5 Å². The summed E-state index contributed by atoms with van der Waals surface area (Å²) in [6.07, 6.45) is 2.20. The summed E-state index contributed by atoms with van der Waals surface area (Å²) in [7, 11) is -0.935. The monoisotopic (exact) mass is 543 g/mol. The van der Waals surface area contributed by atoms with Crippen molar-refractivity contribution in [2.24, 2.45) is 0 Å². The van der Waals surface area contributed by atoms with Crippen LogP contribution < -0.4 is 19.5 Å². The Hall–Kier alpha value is -3.27. The third kappa shape index (κ3) is 6.36. The number of carbonyl (C=O) groups excluding carboxylic acids is 1. The molecule has 0 radical (unpaired) electrons. The molecule has 0 bridgehead atoms. The summed E-state index contributed by atoms with van der Waals surface area (Å²) >= 11 is 6.03. The van der Waals surface area contributed by atoms with Gasteiger partial charge < -0.3 is 14.8 Å². The molecule has 0 saturated carbocycles. The van der Waals surface area contributed by atoms with E-state index in [2.05, 4.69) is 14.9 Å². The number of methoxy groups -OCH3 is 2. The highest BCUT2D eigenvalue weighted by molar-refractivity contribution is 7.92. The average molecular weight is 544 g/mol. The maximum atomic E-state index is 13.1. The van der Waals surface area contributed by atoms with Gasteiger partial charge in [0.25, 0.3) is 15.9 Å². The number of benzene rings is 3. The first-order valence-corrected chi connectivity index (χ1v) is 13.8. The van der Waals surface area contributed by atoms with Gasteiger partial charge >= 0.3 is 0 Å². The number of carbonyl (C=O) groups is 1. The van der Waals surface area contributed by atoms with Crippen LogP contribution in [0.3, 0.4) is 0 Å². The van der Waals surface area contributed by atoms with Crippen LogP contribution >= 0.6 is 11.6 Å². The number of ether oxygens (including phenoxy) is 2. The molecule has 0 aliphatic carbocycles. The number of halogens is 1. The van der Waals surface area contributed by atoms with Crippen LogP contribution in [0.2, 0.25) is 5.02 Å². The molecule has 1 heterocycles. The highest BCUT2D eigenvalue weighted by Crippen LogP contribution is 2.32. The Balaban J connectivity index is 1.52. The maximum Gasteiger partial charge on any atom is 0.262 e. The minimum atomic E-state index is -4.01. The molecular formula is C27H30ClN3O5S. The van der Waals surface area contributed by atoms with Crippen LogP contribution in [0.1, 0.15) is 34.8 Å². The van der Waals surface area contributed by atoms with E-state index in [1.54, 1.807) is 25.3 Å². The van der Waals surface area contributed by atoms with Crippen molar-refractivity contribution < 1.29 is 22.7 Å². The number of anilines is 1. The van der Waals surface area contributed by atoms with Gasteiger partial charge in [0.15, 0.2) is 0 Å². The number of likely N-dealkylation sites (tertiary alicyclic amines) is 1. The van der Waals surface area contributed by atoms with E-state index in [-0.39, 0.29) is 28.1 Å². The zero-order valence-electron chi connectivity index (χ0n) is 20.7. The lowest BCUT2D eigenvalue weighted by molar-refractivity contribution is 0.0937. The number of nitrogens with zero attached hydrogens (tertiary/aromatic N) is 1. The molecule has 0 aromatic heterocycles. The number of rotatable bonds is 10. The summed E-state index contributed by atoms with van der Waals surface area (Å²) in [6.45, 7) is 2.23. The van der Waals surface area contributed by atoms with Crippen molar-refractivity contribution in [2.75, 3.05) is 38.6 Å². The summed E-state index contributed by atoms with van der Waals surface area (Å²) in [5.41, 5.74) is 1.44. The zero-order valence-corrected chi connectivity index (χ0v) is 22.3. The van der Waals surface area contributed by atoms with E-state index < -0.39 is 10.0 Å². The van der Waals surface area contributed by atoms with Crippen molar-refractivity contribution in [2.45, 2.75) is 23.8 Å². The maximum absolute atomic E-state index is 13.1. The number of amides is 1. The summed E-state index contributed by atoms with van der Waals surface area (Å²) in [5, 5.41) is 3.35. The molecule has 1 fully saturated rings. The molecule has 3 aromatic carbocycles. The lowest BCUT2D eigenvalue weighted by Gasteiger charge is -2.29. The fourth-order valence-electron chi connectivity index (χ4n) is 4.49. The summed E-state index contributed by atoms with van der Waals surface area (Å²) in [6, 6.07) is 18.3. The molecule has 2 N–H and O–H groups in total. The first-order chi connectivity index (χ1) is 17.8. The van der Waals surface area contributed by atoms with Gasteiger partial charge in [0, 0.05) is 22.7 Å². The van der Waals surface area contributed by atoms with Gasteiger partial charge in [-0.15, -0.1) is 0 Å². The highest BCUT2D eigenvalue weighted by Gasteiger charge is 2.27. The number of nitrogens with one attached hydrogen (secondary N) is 2. The molecule has 1 atom stereocenters. The van der Waals surface area contributed by atoms with Gasteiger partial charge in [-0.25, -0.2) is 8.42 Å². The molecule has 4 rings (SSSR count).